The predicted molar refractivity (Wildman–Crippen MR) is 81.2 cm³/mol. The van der Waals surface area contributed by atoms with E-state index in [1.807, 2.05) is 60.7 Å². The molecule has 2 rings (SSSR count). The van der Waals surface area contributed by atoms with Gasteiger partial charge < -0.3 is 10.5 Å². The van der Waals surface area contributed by atoms with Gasteiger partial charge in [-0.2, -0.15) is 0 Å². The molecule has 0 fully saturated rings. The number of amides is 1. The van der Waals surface area contributed by atoms with Crippen LogP contribution in [0, 0.1) is 0 Å². The average Bonchev–Trinajstić information content (AvgIpc) is 2.48. The number of nitrogens with zero attached hydrogens (tertiary/aromatic N) is 1. The maximum atomic E-state index is 10.5. The summed E-state index contributed by atoms with van der Waals surface area (Å²) in [4.78, 5) is 10.5. The maximum Gasteiger partial charge on any atom is 0.221 e. The van der Waals surface area contributed by atoms with Gasteiger partial charge in [0.2, 0.25) is 5.91 Å². The molecule has 2 N–H and O–H groups in total. The highest BCUT2D eigenvalue weighted by Crippen LogP contribution is 2.03. The molecule has 0 saturated carbocycles. The molecule has 0 bridgehead atoms. The second-order valence-electron chi connectivity index (χ2n) is 4.10. The normalized spacial score (nSPS) is 10.2. The first-order valence-electron chi connectivity index (χ1n) is 6.20. The molecule has 104 valence electrons. The maximum absolute atomic E-state index is 10.5. The Morgan fingerprint density at radius 3 is 1.90 bits per heavy atom. The van der Waals surface area contributed by atoms with E-state index in [0.29, 0.717) is 5.71 Å². The molecule has 0 spiro atoms. The summed E-state index contributed by atoms with van der Waals surface area (Å²) >= 11 is 0. The second kappa shape index (κ2) is 8.48. The first kappa shape index (κ1) is 15.4. The van der Waals surface area contributed by atoms with Crippen LogP contribution >= 0.6 is 0 Å². The number of para-hydroxylation sites is 1. The van der Waals surface area contributed by atoms with Gasteiger partial charge in [-0.15, -0.1) is 0 Å². The third-order valence-corrected chi connectivity index (χ3v) is 2.44. The first-order valence-corrected chi connectivity index (χ1v) is 6.20. The Morgan fingerprint density at radius 1 is 0.950 bits per heavy atom. The fourth-order valence-electron chi connectivity index (χ4n) is 1.46. The lowest BCUT2D eigenvalue weighted by molar-refractivity contribution is -0.114. The molecule has 0 atom stereocenters. The molecule has 4 nitrogen and oxygen atoms in total. The number of benzene rings is 2. The number of carbonyl (C=O) groups excluding carboxylic acids is 1. The van der Waals surface area contributed by atoms with Gasteiger partial charge in [-0.05, 0) is 24.6 Å². The number of anilines is 1. The van der Waals surface area contributed by atoms with E-state index in [9.17, 15) is 4.79 Å². The Hall–Kier alpha value is -2.62. The number of hydrogen-bond acceptors (Lipinski definition) is 3. The summed E-state index contributed by atoms with van der Waals surface area (Å²) in [5.41, 5.74) is 2.43. The second-order valence-corrected chi connectivity index (χ2v) is 4.10. The highest BCUT2D eigenvalue weighted by atomic mass is 16.4. The molecule has 0 saturated heterocycles. The molecular weight excluding hydrogens is 252 g/mol. The Kier molecular flexibility index (Phi) is 6.54. The molecular formula is C16H18N2O2. The minimum Gasteiger partial charge on any atom is -0.411 e. The van der Waals surface area contributed by atoms with E-state index < -0.39 is 0 Å². The molecule has 4 heteroatoms. The van der Waals surface area contributed by atoms with Crippen LogP contribution in [0.5, 0.6) is 0 Å². The smallest absolute Gasteiger partial charge is 0.221 e. The van der Waals surface area contributed by atoms with E-state index in [1.54, 1.807) is 6.92 Å². The summed E-state index contributed by atoms with van der Waals surface area (Å²) in [6.45, 7) is 3.25. The molecule has 0 aliphatic rings. The summed E-state index contributed by atoms with van der Waals surface area (Å²) in [6.07, 6.45) is 0. The highest BCUT2D eigenvalue weighted by Gasteiger charge is 1.92. The summed E-state index contributed by atoms with van der Waals surface area (Å²) in [7, 11) is 0. The van der Waals surface area contributed by atoms with Crippen molar-refractivity contribution < 1.29 is 10.0 Å². The van der Waals surface area contributed by atoms with Gasteiger partial charge in [0.1, 0.15) is 0 Å². The molecule has 2 aromatic carbocycles. The minimum absolute atomic E-state index is 0.0359. The van der Waals surface area contributed by atoms with Crippen molar-refractivity contribution in [1.29, 1.82) is 0 Å². The largest absolute Gasteiger partial charge is 0.411 e. The van der Waals surface area contributed by atoms with Crippen molar-refractivity contribution in [3.8, 4) is 0 Å². The van der Waals surface area contributed by atoms with Crippen molar-refractivity contribution in [2.24, 2.45) is 5.16 Å². The molecule has 0 aromatic heterocycles. The van der Waals surface area contributed by atoms with Gasteiger partial charge in [0, 0.05) is 12.6 Å². The minimum atomic E-state index is -0.0359. The number of nitrogens with one attached hydrogen (secondary N) is 1. The fraction of sp³-hybridized carbons (Fsp3) is 0.125. The summed E-state index contributed by atoms with van der Waals surface area (Å²) in [6, 6.07) is 18.9. The van der Waals surface area contributed by atoms with Crippen LogP contribution in [0.15, 0.2) is 65.8 Å². The van der Waals surface area contributed by atoms with Crippen LogP contribution in [0.3, 0.4) is 0 Å². The van der Waals surface area contributed by atoms with E-state index >= 15 is 0 Å². The Morgan fingerprint density at radius 2 is 1.45 bits per heavy atom. The van der Waals surface area contributed by atoms with Crippen molar-refractivity contribution >= 4 is 17.3 Å². The first-order chi connectivity index (χ1) is 9.63. The molecule has 1 amide bonds. The van der Waals surface area contributed by atoms with E-state index in [-0.39, 0.29) is 5.91 Å². The van der Waals surface area contributed by atoms with Crippen molar-refractivity contribution in [2.75, 3.05) is 5.32 Å². The molecule has 0 heterocycles. The summed E-state index contributed by atoms with van der Waals surface area (Å²) in [5, 5.41) is 14.1. The van der Waals surface area contributed by atoms with Crippen LogP contribution in [0.4, 0.5) is 5.69 Å². The number of carbonyl (C=O) groups is 1. The third-order valence-electron chi connectivity index (χ3n) is 2.44. The van der Waals surface area contributed by atoms with Gasteiger partial charge in [-0.3, -0.25) is 4.79 Å². The Bertz CT molecular complexity index is 551. The zero-order valence-electron chi connectivity index (χ0n) is 11.6. The highest BCUT2D eigenvalue weighted by molar-refractivity contribution is 5.98. The number of oxime groups is 1. The molecule has 0 aliphatic carbocycles. The Labute approximate surface area is 118 Å². The molecule has 0 radical (unpaired) electrons. The van der Waals surface area contributed by atoms with Crippen LogP contribution in [0.2, 0.25) is 0 Å². The quantitative estimate of drug-likeness (QED) is 0.498. The zero-order valence-corrected chi connectivity index (χ0v) is 11.6. The lowest BCUT2D eigenvalue weighted by atomic mass is 10.1. The third kappa shape index (κ3) is 5.82. The van der Waals surface area contributed by atoms with Gasteiger partial charge in [0.05, 0.1) is 5.71 Å². The fourth-order valence-corrected chi connectivity index (χ4v) is 1.46. The number of rotatable bonds is 2. The van der Waals surface area contributed by atoms with Crippen LogP contribution in [-0.4, -0.2) is 16.8 Å². The summed E-state index contributed by atoms with van der Waals surface area (Å²) < 4.78 is 0. The van der Waals surface area contributed by atoms with Crippen molar-refractivity contribution in [3.05, 3.63) is 66.2 Å². The SMILES string of the molecule is C/C(=N\O)c1ccccc1.CC(=O)Nc1ccccc1. The van der Waals surface area contributed by atoms with Gasteiger partial charge in [0.25, 0.3) is 0 Å². The average molecular weight is 270 g/mol. The molecule has 20 heavy (non-hydrogen) atoms. The van der Waals surface area contributed by atoms with Crippen molar-refractivity contribution in [1.82, 2.24) is 0 Å². The van der Waals surface area contributed by atoms with Gasteiger partial charge in [-0.1, -0.05) is 53.7 Å². The molecule has 0 unspecified atom stereocenters. The van der Waals surface area contributed by atoms with Gasteiger partial charge in [0.15, 0.2) is 0 Å². The van der Waals surface area contributed by atoms with Gasteiger partial charge >= 0.3 is 0 Å². The zero-order chi connectivity index (χ0) is 14.8. The van der Waals surface area contributed by atoms with Gasteiger partial charge in [-0.25, -0.2) is 0 Å². The topological polar surface area (TPSA) is 61.7 Å². The monoisotopic (exact) mass is 270 g/mol. The molecule has 0 aliphatic heterocycles. The molecule has 2 aromatic rings. The van der Waals surface area contributed by atoms with E-state index in [4.69, 9.17) is 5.21 Å². The predicted octanol–water partition coefficient (Wildman–Crippen LogP) is 3.53. The lowest BCUT2D eigenvalue weighted by Gasteiger charge is -1.98. The van der Waals surface area contributed by atoms with Crippen molar-refractivity contribution in [2.45, 2.75) is 13.8 Å². The van der Waals surface area contributed by atoms with Crippen LogP contribution in [0.1, 0.15) is 19.4 Å². The number of hydrogen-bond donors (Lipinski definition) is 2. The van der Waals surface area contributed by atoms with E-state index in [2.05, 4.69) is 10.5 Å². The van der Waals surface area contributed by atoms with Crippen LogP contribution in [-0.2, 0) is 4.79 Å². The lowest BCUT2D eigenvalue weighted by Crippen LogP contribution is -2.04. The Balaban J connectivity index is 0.000000200. The van der Waals surface area contributed by atoms with E-state index in [1.165, 1.54) is 6.92 Å². The van der Waals surface area contributed by atoms with Crippen LogP contribution < -0.4 is 5.32 Å². The standard InChI is InChI=1S/2C8H9NO/c1-7(10)9-8-5-3-2-4-6-8;1-7(9-10)8-5-3-2-4-6-8/h2-6H,1H3,(H,9,10);2-6,10H,1H3/b;9-7+. The van der Waals surface area contributed by atoms with Crippen LogP contribution in [0.25, 0.3) is 0 Å². The van der Waals surface area contributed by atoms with Crippen molar-refractivity contribution in [3.63, 3.8) is 0 Å². The van der Waals surface area contributed by atoms with E-state index in [0.717, 1.165) is 11.3 Å². The summed E-state index contributed by atoms with van der Waals surface area (Å²) in [5.74, 6) is -0.0359.